The zero-order chi connectivity index (χ0) is 9.10. The lowest BCUT2D eigenvalue weighted by atomic mass is 9.93. The Morgan fingerprint density at radius 2 is 2.00 bits per heavy atom. The summed E-state index contributed by atoms with van der Waals surface area (Å²) in [5.41, 5.74) is 1.59. The summed E-state index contributed by atoms with van der Waals surface area (Å²) in [4.78, 5) is 2.69. The van der Waals surface area contributed by atoms with Crippen LogP contribution in [-0.2, 0) is 0 Å². The van der Waals surface area contributed by atoms with E-state index in [2.05, 4.69) is 17.9 Å². The van der Waals surface area contributed by atoms with Crippen LogP contribution in [0.25, 0.3) is 0 Å². The summed E-state index contributed by atoms with van der Waals surface area (Å²) in [6.45, 7) is 4.79. The van der Waals surface area contributed by atoms with E-state index in [-0.39, 0.29) is 0 Å². The fraction of sp³-hybridized carbons (Fsp3) is 0.833. The Hall–Kier alpha value is -0.300. The smallest absolute Gasteiger partial charge is 0.0168 e. The van der Waals surface area contributed by atoms with Gasteiger partial charge in [0.1, 0.15) is 0 Å². The van der Waals surface area contributed by atoms with Crippen LogP contribution in [0.5, 0.6) is 0 Å². The quantitative estimate of drug-likeness (QED) is 0.559. The molecule has 1 saturated carbocycles. The minimum atomic E-state index is 0.915. The van der Waals surface area contributed by atoms with Crippen LogP contribution in [0.3, 0.4) is 0 Å². The van der Waals surface area contributed by atoms with Crippen LogP contribution in [0, 0.1) is 0 Å². The molecule has 1 aliphatic carbocycles. The van der Waals surface area contributed by atoms with Crippen molar-refractivity contribution in [1.82, 2.24) is 4.90 Å². The standard InChI is InChI=1S/C12H21N/c1-11-7-9-13(10-8-11)12-5-3-2-4-6-12/h7,12H,2-6,8-10H2,1H3. The van der Waals surface area contributed by atoms with Crippen molar-refractivity contribution < 1.29 is 0 Å². The molecule has 0 radical (unpaired) electrons. The summed E-state index contributed by atoms with van der Waals surface area (Å²) in [7, 11) is 0. The molecule has 0 unspecified atom stereocenters. The second kappa shape index (κ2) is 4.28. The highest BCUT2D eigenvalue weighted by Gasteiger charge is 2.21. The van der Waals surface area contributed by atoms with Crippen LogP contribution in [0.1, 0.15) is 45.4 Å². The largest absolute Gasteiger partial charge is 0.296 e. The van der Waals surface area contributed by atoms with E-state index in [0.29, 0.717) is 0 Å². The highest BCUT2D eigenvalue weighted by atomic mass is 15.2. The minimum Gasteiger partial charge on any atom is -0.296 e. The van der Waals surface area contributed by atoms with Gasteiger partial charge in [0.2, 0.25) is 0 Å². The number of hydrogen-bond donors (Lipinski definition) is 0. The Morgan fingerprint density at radius 1 is 1.23 bits per heavy atom. The van der Waals surface area contributed by atoms with Gasteiger partial charge in [-0.25, -0.2) is 0 Å². The normalized spacial score (nSPS) is 27.3. The molecule has 2 aliphatic rings. The maximum Gasteiger partial charge on any atom is 0.0168 e. The average molecular weight is 179 g/mol. The highest BCUT2D eigenvalue weighted by Crippen LogP contribution is 2.24. The summed E-state index contributed by atoms with van der Waals surface area (Å²) >= 11 is 0. The van der Waals surface area contributed by atoms with Gasteiger partial charge in [0, 0.05) is 19.1 Å². The SMILES string of the molecule is CC1=CCN(C2CCCCC2)CC1. The topological polar surface area (TPSA) is 3.24 Å². The van der Waals surface area contributed by atoms with Crippen LogP contribution in [-0.4, -0.2) is 24.0 Å². The van der Waals surface area contributed by atoms with E-state index in [1.165, 1.54) is 51.6 Å². The predicted molar refractivity (Wildman–Crippen MR) is 56.8 cm³/mol. The van der Waals surface area contributed by atoms with Crippen LogP contribution < -0.4 is 0 Å². The Morgan fingerprint density at radius 3 is 2.62 bits per heavy atom. The number of nitrogens with zero attached hydrogens (tertiary/aromatic N) is 1. The van der Waals surface area contributed by atoms with E-state index in [0.717, 1.165) is 6.04 Å². The molecular formula is C12H21N. The molecule has 0 atom stereocenters. The lowest BCUT2D eigenvalue weighted by Gasteiger charge is -2.35. The molecule has 0 aromatic carbocycles. The van der Waals surface area contributed by atoms with E-state index in [9.17, 15) is 0 Å². The van der Waals surface area contributed by atoms with Crippen molar-refractivity contribution >= 4 is 0 Å². The van der Waals surface area contributed by atoms with Gasteiger partial charge in [-0.15, -0.1) is 0 Å². The van der Waals surface area contributed by atoms with Gasteiger partial charge < -0.3 is 0 Å². The molecule has 1 nitrogen and oxygen atoms in total. The number of rotatable bonds is 1. The van der Waals surface area contributed by atoms with Crippen LogP contribution in [0.4, 0.5) is 0 Å². The van der Waals surface area contributed by atoms with Crippen molar-refractivity contribution in [3.8, 4) is 0 Å². The van der Waals surface area contributed by atoms with Crippen molar-refractivity contribution in [1.29, 1.82) is 0 Å². The Labute approximate surface area is 81.8 Å². The maximum absolute atomic E-state index is 2.69. The fourth-order valence-corrected chi connectivity index (χ4v) is 2.56. The zero-order valence-corrected chi connectivity index (χ0v) is 8.76. The molecule has 1 heterocycles. The third kappa shape index (κ3) is 2.34. The molecule has 74 valence electrons. The van der Waals surface area contributed by atoms with Crippen molar-refractivity contribution in [3.05, 3.63) is 11.6 Å². The molecule has 1 heteroatoms. The van der Waals surface area contributed by atoms with E-state index >= 15 is 0 Å². The van der Waals surface area contributed by atoms with E-state index in [1.807, 2.05) is 0 Å². The van der Waals surface area contributed by atoms with Gasteiger partial charge in [-0.1, -0.05) is 30.9 Å². The van der Waals surface area contributed by atoms with Gasteiger partial charge >= 0.3 is 0 Å². The first-order valence-electron chi connectivity index (χ1n) is 5.76. The summed E-state index contributed by atoms with van der Waals surface area (Å²) in [5, 5.41) is 0. The van der Waals surface area contributed by atoms with Gasteiger partial charge in [0.15, 0.2) is 0 Å². The molecule has 0 aromatic heterocycles. The number of hydrogen-bond acceptors (Lipinski definition) is 1. The second-order valence-electron chi connectivity index (χ2n) is 4.59. The monoisotopic (exact) mass is 179 g/mol. The molecular weight excluding hydrogens is 158 g/mol. The summed E-state index contributed by atoms with van der Waals surface area (Å²) in [6, 6.07) is 0.915. The van der Waals surface area contributed by atoms with Crippen molar-refractivity contribution in [3.63, 3.8) is 0 Å². The van der Waals surface area contributed by atoms with Crippen molar-refractivity contribution in [2.24, 2.45) is 0 Å². The summed E-state index contributed by atoms with van der Waals surface area (Å²) in [6.07, 6.45) is 11.0. The molecule has 13 heavy (non-hydrogen) atoms. The average Bonchev–Trinajstić information content (AvgIpc) is 2.20. The molecule has 1 fully saturated rings. The molecule has 0 amide bonds. The summed E-state index contributed by atoms with van der Waals surface area (Å²) < 4.78 is 0. The second-order valence-corrected chi connectivity index (χ2v) is 4.59. The van der Waals surface area contributed by atoms with Crippen LogP contribution in [0.2, 0.25) is 0 Å². The first-order chi connectivity index (χ1) is 6.36. The highest BCUT2D eigenvalue weighted by molar-refractivity contribution is 5.04. The van der Waals surface area contributed by atoms with Gasteiger partial charge in [0.25, 0.3) is 0 Å². The van der Waals surface area contributed by atoms with E-state index in [1.54, 1.807) is 5.57 Å². The van der Waals surface area contributed by atoms with E-state index in [4.69, 9.17) is 0 Å². The Bertz CT molecular complexity index is 189. The fourth-order valence-electron chi connectivity index (χ4n) is 2.56. The first kappa shape index (κ1) is 9.26. The van der Waals surface area contributed by atoms with Crippen LogP contribution in [0.15, 0.2) is 11.6 Å². The third-order valence-electron chi connectivity index (χ3n) is 3.56. The molecule has 0 spiro atoms. The van der Waals surface area contributed by atoms with Gasteiger partial charge in [-0.05, 0) is 26.2 Å². The van der Waals surface area contributed by atoms with E-state index < -0.39 is 0 Å². The van der Waals surface area contributed by atoms with Crippen LogP contribution >= 0.6 is 0 Å². The molecule has 0 N–H and O–H groups in total. The van der Waals surface area contributed by atoms with Gasteiger partial charge in [-0.3, -0.25) is 4.90 Å². The molecule has 0 aromatic rings. The van der Waals surface area contributed by atoms with Gasteiger partial charge in [0.05, 0.1) is 0 Å². The first-order valence-corrected chi connectivity index (χ1v) is 5.76. The third-order valence-corrected chi connectivity index (χ3v) is 3.56. The lowest BCUT2D eigenvalue weighted by Crippen LogP contribution is -2.39. The van der Waals surface area contributed by atoms with Gasteiger partial charge in [-0.2, -0.15) is 0 Å². The Kier molecular flexibility index (Phi) is 3.05. The maximum atomic E-state index is 2.69. The summed E-state index contributed by atoms with van der Waals surface area (Å²) in [5.74, 6) is 0. The predicted octanol–water partition coefficient (Wildman–Crippen LogP) is 2.97. The molecule has 2 rings (SSSR count). The molecule has 0 bridgehead atoms. The molecule has 1 aliphatic heterocycles. The lowest BCUT2D eigenvalue weighted by molar-refractivity contribution is 0.167. The van der Waals surface area contributed by atoms with Crippen molar-refractivity contribution in [2.45, 2.75) is 51.5 Å². The Balaban J connectivity index is 1.86. The molecule has 0 saturated heterocycles. The minimum absolute atomic E-state index is 0.915. The van der Waals surface area contributed by atoms with Crippen molar-refractivity contribution in [2.75, 3.05) is 13.1 Å². The zero-order valence-electron chi connectivity index (χ0n) is 8.76.